The molecule has 0 aromatic rings. The summed E-state index contributed by atoms with van der Waals surface area (Å²) in [5, 5.41) is 30.8. The third kappa shape index (κ3) is 5.78. The minimum absolute atomic E-state index is 0.0856. The molecule has 3 N–H and O–H groups in total. The van der Waals surface area contributed by atoms with Crippen molar-refractivity contribution in [1.82, 2.24) is 0 Å². The van der Waals surface area contributed by atoms with Crippen LogP contribution in [0.1, 0.15) is 98.8 Å². The maximum Gasteiger partial charge on any atom is 0.0840 e. The largest absolute Gasteiger partial charge is 0.393 e. The molecule has 0 saturated heterocycles. The summed E-state index contributed by atoms with van der Waals surface area (Å²) in [7, 11) is 0. The monoisotopic (exact) mass is 472 g/mol. The molecule has 0 amide bonds. The highest BCUT2D eigenvalue weighted by Gasteiger charge is 2.49. The van der Waals surface area contributed by atoms with Crippen LogP contribution in [0.25, 0.3) is 0 Å². The van der Waals surface area contributed by atoms with E-state index < -0.39 is 17.8 Å². The van der Waals surface area contributed by atoms with Gasteiger partial charge in [0.25, 0.3) is 0 Å². The second-order valence-corrected chi connectivity index (χ2v) is 11.6. The summed E-state index contributed by atoms with van der Waals surface area (Å²) in [6.45, 7) is 15.6. The van der Waals surface area contributed by atoms with Crippen LogP contribution in [0.3, 0.4) is 0 Å². The van der Waals surface area contributed by atoms with E-state index in [2.05, 4.69) is 59.4 Å². The molecule has 0 bridgehead atoms. The van der Waals surface area contributed by atoms with E-state index in [1.54, 1.807) is 0 Å². The van der Waals surface area contributed by atoms with Crippen molar-refractivity contribution < 1.29 is 20.1 Å². The zero-order valence-corrected chi connectivity index (χ0v) is 22.2. The molecule has 0 spiro atoms. The quantitative estimate of drug-likeness (QED) is 0.277. The summed E-state index contributed by atoms with van der Waals surface area (Å²) >= 11 is 0. The molecule has 0 radical (unpaired) electrons. The average molecular weight is 473 g/mol. The molecule has 0 aliphatic heterocycles. The molecular weight excluding hydrogens is 424 g/mol. The lowest BCUT2D eigenvalue weighted by Gasteiger charge is -2.45. The van der Waals surface area contributed by atoms with Crippen LogP contribution in [0.15, 0.2) is 47.1 Å². The Morgan fingerprint density at radius 3 is 2.59 bits per heavy atom. The highest BCUT2D eigenvalue weighted by Crippen LogP contribution is 2.57. The van der Waals surface area contributed by atoms with Gasteiger partial charge in [0.05, 0.1) is 23.4 Å². The molecule has 2 saturated carbocycles. The van der Waals surface area contributed by atoms with Gasteiger partial charge in [-0.15, -0.1) is 0 Å². The number of hydrogen-bond acceptors (Lipinski definition) is 4. The number of ether oxygens (including phenoxy) is 1. The van der Waals surface area contributed by atoms with Gasteiger partial charge in [-0.05, 0) is 99.7 Å². The predicted molar refractivity (Wildman–Crippen MR) is 139 cm³/mol. The summed E-state index contributed by atoms with van der Waals surface area (Å²) in [4.78, 5) is 0. The first-order valence-electron chi connectivity index (χ1n) is 13.5. The maximum absolute atomic E-state index is 10.6. The minimum atomic E-state index is -0.645. The number of aliphatic hydroxyl groups excluding tert-OH is 2. The highest BCUT2D eigenvalue weighted by atomic mass is 16.5. The number of fused-ring (bicyclic) bond motifs is 1. The molecule has 192 valence electrons. The van der Waals surface area contributed by atoms with Gasteiger partial charge in [0.1, 0.15) is 0 Å². The normalized spacial score (nSPS) is 32.9. The lowest BCUT2D eigenvalue weighted by Crippen LogP contribution is -2.40. The van der Waals surface area contributed by atoms with Gasteiger partial charge in [-0.2, -0.15) is 0 Å². The highest BCUT2D eigenvalue weighted by molar-refractivity contribution is 5.41. The van der Waals surface area contributed by atoms with Crippen LogP contribution in [0.2, 0.25) is 0 Å². The molecule has 4 atom stereocenters. The van der Waals surface area contributed by atoms with Crippen molar-refractivity contribution in [2.75, 3.05) is 6.61 Å². The SMILES string of the molecule is C=C1/C(=C\C=C2/CCC[C@]3(C)C(C(C)(C)OCCCC(O)(CC)CC)=CC[C@@H]23)C[C@@H](O)C[C@@H]1O. The molecule has 0 heterocycles. The molecule has 2 fully saturated rings. The van der Waals surface area contributed by atoms with E-state index >= 15 is 0 Å². The lowest BCUT2D eigenvalue weighted by molar-refractivity contribution is -0.0271. The molecule has 4 nitrogen and oxygen atoms in total. The Balaban J connectivity index is 1.69. The van der Waals surface area contributed by atoms with Crippen LogP contribution in [-0.4, -0.2) is 45.3 Å². The Labute approximate surface area is 207 Å². The van der Waals surface area contributed by atoms with Crippen molar-refractivity contribution in [2.24, 2.45) is 11.3 Å². The van der Waals surface area contributed by atoms with Gasteiger partial charge in [-0.1, -0.05) is 51.2 Å². The Morgan fingerprint density at radius 1 is 1.21 bits per heavy atom. The predicted octanol–water partition coefficient (Wildman–Crippen LogP) is 6.17. The summed E-state index contributed by atoms with van der Waals surface area (Å²) in [6, 6.07) is 0. The Bertz CT molecular complexity index is 829. The molecular formula is C30H48O4. The number of hydrogen-bond donors (Lipinski definition) is 3. The average Bonchev–Trinajstić information content (AvgIpc) is 3.16. The van der Waals surface area contributed by atoms with Crippen molar-refractivity contribution in [3.05, 3.63) is 47.1 Å². The fourth-order valence-corrected chi connectivity index (χ4v) is 6.63. The summed E-state index contributed by atoms with van der Waals surface area (Å²) < 4.78 is 6.46. The van der Waals surface area contributed by atoms with Crippen molar-refractivity contribution in [3.8, 4) is 0 Å². The molecule has 3 aliphatic rings. The van der Waals surface area contributed by atoms with Gasteiger partial charge in [0.15, 0.2) is 0 Å². The summed E-state index contributed by atoms with van der Waals surface area (Å²) in [5.41, 5.74) is 3.79. The van der Waals surface area contributed by atoms with E-state index in [1.165, 1.54) is 17.6 Å². The second kappa shape index (κ2) is 10.8. The van der Waals surface area contributed by atoms with Crippen molar-refractivity contribution >= 4 is 0 Å². The van der Waals surface area contributed by atoms with Crippen LogP contribution >= 0.6 is 0 Å². The lowest BCUT2D eigenvalue weighted by atomic mass is 9.62. The fourth-order valence-electron chi connectivity index (χ4n) is 6.63. The van der Waals surface area contributed by atoms with E-state index in [1.807, 2.05) is 0 Å². The summed E-state index contributed by atoms with van der Waals surface area (Å²) in [5.74, 6) is 0.466. The number of aliphatic hydroxyl groups is 3. The molecule has 3 rings (SSSR count). The third-order valence-corrected chi connectivity index (χ3v) is 9.03. The second-order valence-electron chi connectivity index (χ2n) is 11.6. The van der Waals surface area contributed by atoms with Gasteiger partial charge in [-0.25, -0.2) is 0 Å². The Hall–Kier alpha value is -1.20. The smallest absolute Gasteiger partial charge is 0.0840 e. The van der Waals surface area contributed by atoms with Gasteiger partial charge in [0, 0.05) is 13.0 Å². The standard InChI is InChI=1S/C30H48O4/c1-7-30(33,8-2)17-10-18-34-28(4,5)27-15-14-25-22(11-9-16-29(25,27)6)12-13-23-19-24(31)20-26(32)21(23)3/h12-13,15,24-26,31-33H,3,7-11,14,16-20H2,1-2,4-6H3/b22-12+,23-13-/t24-,25+,26+,29+/m1/s1. The maximum atomic E-state index is 10.6. The first kappa shape index (κ1) is 27.4. The molecule has 34 heavy (non-hydrogen) atoms. The van der Waals surface area contributed by atoms with Crippen molar-refractivity contribution in [2.45, 2.75) is 122 Å². The van der Waals surface area contributed by atoms with Crippen LogP contribution < -0.4 is 0 Å². The van der Waals surface area contributed by atoms with Crippen LogP contribution in [0.5, 0.6) is 0 Å². The van der Waals surface area contributed by atoms with Crippen LogP contribution in [0.4, 0.5) is 0 Å². The Morgan fingerprint density at radius 2 is 1.91 bits per heavy atom. The van der Waals surface area contributed by atoms with Crippen molar-refractivity contribution in [3.63, 3.8) is 0 Å². The van der Waals surface area contributed by atoms with Crippen LogP contribution in [0, 0.1) is 11.3 Å². The minimum Gasteiger partial charge on any atom is -0.393 e. The first-order valence-corrected chi connectivity index (χ1v) is 13.5. The first-order chi connectivity index (χ1) is 16.0. The topological polar surface area (TPSA) is 69.9 Å². The molecule has 0 unspecified atom stereocenters. The van der Waals surface area contributed by atoms with E-state index in [0.717, 1.165) is 56.1 Å². The number of rotatable bonds is 9. The van der Waals surface area contributed by atoms with Crippen LogP contribution in [-0.2, 0) is 4.74 Å². The van der Waals surface area contributed by atoms with Gasteiger partial charge in [-0.3, -0.25) is 0 Å². The van der Waals surface area contributed by atoms with Gasteiger partial charge in [0.2, 0.25) is 0 Å². The third-order valence-electron chi connectivity index (χ3n) is 9.03. The van der Waals surface area contributed by atoms with E-state index in [0.29, 0.717) is 25.4 Å². The molecule has 0 aromatic heterocycles. The number of allylic oxidation sites excluding steroid dienone is 4. The van der Waals surface area contributed by atoms with Crippen molar-refractivity contribution in [1.29, 1.82) is 0 Å². The zero-order chi connectivity index (χ0) is 25.1. The summed E-state index contributed by atoms with van der Waals surface area (Å²) in [6.07, 6.45) is 14.2. The Kier molecular flexibility index (Phi) is 8.72. The molecule has 4 heteroatoms. The molecule has 3 aliphatic carbocycles. The fraction of sp³-hybridized carbons (Fsp3) is 0.733. The van der Waals surface area contributed by atoms with Gasteiger partial charge >= 0.3 is 0 Å². The van der Waals surface area contributed by atoms with E-state index in [4.69, 9.17) is 4.74 Å². The molecule has 0 aromatic carbocycles. The van der Waals surface area contributed by atoms with Gasteiger partial charge < -0.3 is 20.1 Å². The van der Waals surface area contributed by atoms with E-state index in [9.17, 15) is 15.3 Å². The zero-order valence-electron chi connectivity index (χ0n) is 22.2. The van der Waals surface area contributed by atoms with E-state index in [-0.39, 0.29) is 11.0 Å².